The molecule has 0 spiro atoms. The molecule has 0 aliphatic rings. The third kappa shape index (κ3) is 2.78. The van der Waals surface area contributed by atoms with Crippen LogP contribution < -0.4 is 5.56 Å². The lowest BCUT2D eigenvalue weighted by Gasteiger charge is -2.04. The Morgan fingerprint density at radius 2 is 2.21 bits per heavy atom. The second-order valence-corrected chi connectivity index (χ2v) is 3.84. The van der Waals surface area contributed by atoms with Gasteiger partial charge in [0.05, 0.1) is 9.26 Å². The van der Waals surface area contributed by atoms with Crippen molar-refractivity contribution in [1.29, 1.82) is 0 Å². The largest absolute Gasteiger partial charge is 0.374 e. The van der Waals surface area contributed by atoms with Crippen molar-refractivity contribution in [3.8, 4) is 0 Å². The van der Waals surface area contributed by atoms with Gasteiger partial charge in [-0.25, -0.2) is 4.98 Å². The number of nitrogens with one attached hydrogen (secondary N) is 1. The Kier molecular flexibility index (Phi) is 4.53. The number of rotatable bonds is 4. The van der Waals surface area contributed by atoms with E-state index in [1.165, 1.54) is 0 Å². The van der Waals surface area contributed by atoms with Crippen LogP contribution in [-0.4, -0.2) is 16.6 Å². The van der Waals surface area contributed by atoms with Crippen molar-refractivity contribution in [1.82, 2.24) is 9.97 Å². The maximum atomic E-state index is 11.4. The molecule has 78 valence electrons. The average molecular weight is 308 g/mol. The fourth-order valence-corrected chi connectivity index (χ4v) is 1.70. The zero-order valence-electron chi connectivity index (χ0n) is 8.26. The molecular formula is C9H13IN2O2. The lowest BCUT2D eigenvalue weighted by Crippen LogP contribution is -2.18. The molecule has 0 fully saturated rings. The van der Waals surface area contributed by atoms with Gasteiger partial charge in [0.15, 0.2) is 0 Å². The summed E-state index contributed by atoms with van der Waals surface area (Å²) in [6.07, 6.45) is 0.765. The van der Waals surface area contributed by atoms with Crippen molar-refractivity contribution in [3.63, 3.8) is 0 Å². The Morgan fingerprint density at radius 1 is 1.50 bits per heavy atom. The van der Waals surface area contributed by atoms with E-state index in [1.807, 2.05) is 36.4 Å². The Hall–Kier alpha value is -0.430. The van der Waals surface area contributed by atoms with Crippen LogP contribution in [0.15, 0.2) is 4.79 Å². The average Bonchev–Trinajstić information content (AvgIpc) is 2.19. The van der Waals surface area contributed by atoms with E-state index in [1.54, 1.807) is 0 Å². The quantitative estimate of drug-likeness (QED) is 0.857. The highest BCUT2D eigenvalue weighted by atomic mass is 127. The van der Waals surface area contributed by atoms with Crippen LogP contribution in [0, 0.1) is 3.57 Å². The Labute approximate surface area is 96.2 Å². The minimum absolute atomic E-state index is 0.0767. The van der Waals surface area contributed by atoms with Crippen molar-refractivity contribution in [3.05, 3.63) is 25.4 Å². The third-order valence-electron chi connectivity index (χ3n) is 1.76. The topological polar surface area (TPSA) is 55.0 Å². The number of H-pyrrole nitrogens is 1. The molecule has 0 aromatic carbocycles. The van der Waals surface area contributed by atoms with E-state index < -0.39 is 0 Å². The van der Waals surface area contributed by atoms with E-state index in [4.69, 9.17) is 4.74 Å². The van der Waals surface area contributed by atoms with Crippen molar-refractivity contribution in [2.75, 3.05) is 6.61 Å². The minimum Gasteiger partial charge on any atom is -0.374 e. The van der Waals surface area contributed by atoms with Crippen molar-refractivity contribution in [2.24, 2.45) is 0 Å². The van der Waals surface area contributed by atoms with Crippen molar-refractivity contribution >= 4 is 22.6 Å². The highest BCUT2D eigenvalue weighted by Crippen LogP contribution is 2.05. The summed E-state index contributed by atoms with van der Waals surface area (Å²) in [5.74, 6) is 0.606. The van der Waals surface area contributed by atoms with Gasteiger partial charge in [0, 0.05) is 6.61 Å². The van der Waals surface area contributed by atoms with Crippen LogP contribution in [0.25, 0.3) is 0 Å². The first kappa shape index (κ1) is 11.6. The molecule has 5 heteroatoms. The summed E-state index contributed by atoms with van der Waals surface area (Å²) in [6, 6.07) is 0. The zero-order valence-corrected chi connectivity index (χ0v) is 10.4. The molecule has 14 heavy (non-hydrogen) atoms. The van der Waals surface area contributed by atoms with E-state index in [-0.39, 0.29) is 5.56 Å². The summed E-state index contributed by atoms with van der Waals surface area (Å²) in [7, 11) is 0. The summed E-state index contributed by atoms with van der Waals surface area (Å²) in [4.78, 5) is 18.4. The van der Waals surface area contributed by atoms with Gasteiger partial charge in [-0.2, -0.15) is 0 Å². The number of nitrogens with zero attached hydrogens (tertiary/aromatic N) is 1. The van der Waals surface area contributed by atoms with Gasteiger partial charge in [0.2, 0.25) is 0 Å². The number of aryl methyl sites for hydroxylation is 1. The monoisotopic (exact) mass is 308 g/mol. The van der Waals surface area contributed by atoms with Gasteiger partial charge >= 0.3 is 0 Å². The first-order chi connectivity index (χ1) is 6.69. The molecular weight excluding hydrogens is 295 g/mol. The molecule has 1 rings (SSSR count). The molecule has 1 N–H and O–H groups in total. The lowest BCUT2D eigenvalue weighted by atomic mass is 10.3. The minimum atomic E-state index is -0.0767. The first-order valence-electron chi connectivity index (χ1n) is 4.54. The van der Waals surface area contributed by atoms with Gasteiger partial charge in [-0.15, -0.1) is 0 Å². The van der Waals surface area contributed by atoms with Gasteiger partial charge in [-0.3, -0.25) is 4.79 Å². The molecule has 0 saturated heterocycles. The molecule has 0 unspecified atom stereocenters. The van der Waals surface area contributed by atoms with E-state index in [0.717, 1.165) is 12.1 Å². The van der Waals surface area contributed by atoms with Crippen LogP contribution in [0.3, 0.4) is 0 Å². The highest BCUT2D eigenvalue weighted by molar-refractivity contribution is 14.1. The Morgan fingerprint density at radius 3 is 2.79 bits per heavy atom. The predicted octanol–water partition coefficient (Wildman–Crippen LogP) is 1.47. The predicted molar refractivity (Wildman–Crippen MR) is 62.3 cm³/mol. The fraction of sp³-hybridized carbons (Fsp3) is 0.556. The second kappa shape index (κ2) is 5.45. The van der Waals surface area contributed by atoms with Crippen LogP contribution >= 0.6 is 22.6 Å². The zero-order chi connectivity index (χ0) is 10.6. The lowest BCUT2D eigenvalue weighted by molar-refractivity contribution is 0.128. The summed E-state index contributed by atoms with van der Waals surface area (Å²) in [5, 5.41) is 0. The molecule has 4 nitrogen and oxygen atoms in total. The normalized spacial score (nSPS) is 10.5. The summed E-state index contributed by atoms with van der Waals surface area (Å²) < 4.78 is 5.85. The van der Waals surface area contributed by atoms with Crippen LogP contribution in [0.5, 0.6) is 0 Å². The van der Waals surface area contributed by atoms with Gasteiger partial charge in [-0.1, -0.05) is 6.92 Å². The molecule has 1 heterocycles. The number of aromatic nitrogens is 2. The van der Waals surface area contributed by atoms with Gasteiger partial charge in [-0.05, 0) is 35.9 Å². The molecule has 1 aromatic rings. The van der Waals surface area contributed by atoms with Gasteiger partial charge in [0.1, 0.15) is 12.4 Å². The number of hydrogen-bond donors (Lipinski definition) is 1. The standard InChI is InChI=1S/C9H13IN2O2/c1-3-6-8(10)9(13)12-7(11-6)5-14-4-2/h3-5H2,1-2H3,(H,11,12,13). The van der Waals surface area contributed by atoms with Crippen molar-refractivity contribution in [2.45, 2.75) is 26.9 Å². The Balaban J connectivity index is 2.98. The molecule has 0 aliphatic heterocycles. The van der Waals surface area contributed by atoms with Crippen LogP contribution in [-0.2, 0) is 17.8 Å². The highest BCUT2D eigenvalue weighted by Gasteiger charge is 2.06. The number of ether oxygens (including phenoxy) is 1. The number of halogens is 1. The Bertz CT molecular complexity index is 362. The maximum Gasteiger partial charge on any atom is 0.264 e. The van der Waals surface area contributed by atoms with Gasteiger partial charge in [0.25, 0.3) is 5.56 Å². The fourth-order valence-electron chi connectivity index (χ4n) is 1.06. The van der Waals surface area contributed by atoms with E-state index in [9.17, 15) is 4.79 Å². The molecule has 0 bridgehead atoms. The van der Waals surface area contributed by atoms with E-state index >= 15 is 0 Å². The smallest absolute Gasteiger partial charge is 0.264 e. The molecule has 1 aromatic heterocycles. The third-order valence-corrected chi connectivity index (χ3v) is 2.87. The van der Waals surface area contributed by atoms with Crippen LogP contribution in [0.2, 0.25) is 0 Å². The molecule has 0 saturated carbocycles. The maximum absolute atomic E-state index is 11.4. The summed E-state index contributed by atoms with van der Waals surface area (Å²) in [5.41, 5.74) is 0.760. The number of hydrogen-bond acceptors (Lipinski definition) is 3. The second-order valence-electron chi connectivity index (χ2n) is 2.76. The molecule has 0 amide bonds. The van der Waals surface area contributed by atoms with Crippen LogP contribution in [0.1, 0.15) is 25.4 Å². The van der Waals surface area contributed by atoms with Crippen molar-refractivity contribution < 1.29 is 4.74 Å². The van der Waals surface area contributed by atoms with Gasteiger partial charge < -0.3 is 9.72 Å². The number of aromatic amines is 1. The summed E-state index contributed by atoms with van der Waals surface area (Å²) >= 11 is 2.01. The van der Waals surface area contributed by atoms with Crippen LogP contribution in [0.4, 0.5) is 0 Å². The first-order valence-corrected chi connectivity index (χ1v) is 5.62. The van der Waals surface area contributed by atoms with E-state index in [0.29, 0.717) is 22.6 Å². The molecule has 0 radical (unpaired) electrons. The summed E-state index contributed by atoms with van der Waals surface area (Å²) in [6.45, 7) is 4.88. The molecule has 0 aliphatic carbocycles. The van der Waals surface area contributed by atoms with E-state index in [2.05, 4.69) is 9.97 Å². The SMILES string of the molecule is CCOCc1nc(CC)c(I)c(=O)[nH]1. The molecule has 0 atom stereocenters.